The third-order valence-corrected chi connectivity index (χ3v) is 4.12. The van der Waals surface area contributed by atoms with Gasteiger partial charge in [0.1, 0.15) is 17.2 Å². The highest BCUT2D eigenvalue weighted by atomic mass is 16.5. The Bertz CT molecular complexity index is 718. The van der Waals surface area contributed by atoms with Gasteiger partial charge in [-0.2, -0.15) is 0 Å². The Hall–Kier alpha value is -2.21. The van der Waals surface area contributed by atoms with Crippen LogP contribution in [0.2, 0.25) is 0 Å². The molecule has 6 heteroatoms. The summed E-state index contributed by atoms with van der Waals surface area (Å²) in [5.41, 5.74) is 0.890. The van der Waals surface area contributed by atoms with Crippen LogP contribution in [0.1, 0.15) is 56.4 Å². The van der Waals surface area contributed by atoms with E-state index in [1.54, 1.807) is 6.07 Å². The summed E-state index contributed by atoms with van der Waals surface area (Å²) in [6.45, 7) is 3.92. The van der Waals surface area contributed by atoms with Gasteiger partial charge in [0, 0.05) is 17.5 Å². The second kappa shape index (κ2) is 9.48. The van der Waals surface area contributed by atoms with E-state index in [9.17, 15) is 9.90 Å². The van der Waals surface area contributed by atoms with Gasteiger partial charge in [0.05, 0.1) is 17.7 Å². The number of ether oxygens (including phenoxy) is 2. The molecule has 0 saturated heterocycles. The van der Waals surface area contributed by atoms with Gasteiger partial charge in [-0.1, -0.05) is 6.42 Å². The lowest BCUT2D eigenvalue weighted by Crippen LogP contribution is -2.19. The number of rotatable bonds is 5. The molecule has 6 nitrogen and oxygen atoms in total. The zero-order chi connectivity index (χ0) is 19.1. The van der Waals surface area contributed by atoms with Crippen molar-refractivity contribution >= 4 is 16.9 Å². The van der Waals surface area contributed by atoms with E-state index in [0.717, 1.165) is 23.7 Å². The summed E-state index contributed by atoms with van der Waals surface area (Å²) in [7, 11) is 3.75. The molecule has 1 heterocycles. The van der Waals surface area contributed by atoms with Gasteiger partial charge < -0.3 is 24.9 Å². The van der Waals surface area contributed by atoms with E-state index >= 15 is 0 Å². The van der Waals surface area contributed by atoms with Gasteiger partial charge in [-0.3, -0.25) is 0 Å². The van der Waals surface area contributed by atoms with Crippen LogP contribution < -0.4 is 14.8 Å². The predicted molar refractivity (Wildman–Crippen MR) is 104 cm³/mol. The SMILES string of the molecule is CC(C)Oc1cc(OC2CCCCC2)c2cc(C(=O)O)[nH]c2c1.CNC. The Labute approximate surface area is 154 Å². The lowest BCUT2D eigenvalue weighted by Gasteiger charge is -2.24. The molecule has 1 aromatic heterocycles. The molecular formula is C20H30N2O4. The molecule has 0 aliphatic heterocycles. The fourth-order valence-corrected chi connectivity index (χ4v) is 3.09. The molecule has 0 amide bonds. The molecule has 0 bridgehead atoms. The summed E-state index contributed by atoms with van der Waals surface area (Å²) in [4.78, 5) is 14.2. The van der Waals surface area contributed by atoms with Gasteiger partial charge >= 0.3 is 5.97 Å². The maximum absolute atomic E-state index is 11.2. The number of carboxylic acid groups (broad SMARTS) is 1. The Kier molecular flexibility index (Phi) is 7.33. The highest BCUT2D eigenvalue weighted by molar-refractivity contribution is 5.96. The van der Waals surface area contributed by atoms with Crippen molar-refractivity contribution in [2.75, 3.05) is 14.1 Å². The number of aromatic carboxylic acids is 1. The molecule has 1 saturated carbocycles. The second-order valence-electron chi connectivity index (χ2n) is 6.92. The van der Waals surface area contributed by atoms with E-state index < -0.39 is 5.97 Å². The number of aromatic nitrogens is 1. The molecule has 3 rings (SSSR count). The van der Waals surface area contributed by atoms with Gasteiger partial charge in [0.25, 0.3) is 0 Å². The quantitative estimate of drug-likeness (QED) is 0.742. The van der Waals surface area contributed by atoms with E-state index in [1.165, 1.54) is 19.3 Å². The highest BCUT2D eigenvalue weighted by Gasteiger charge is 2.19. The number of carboxylic acids is 1. The topological polar surface area (TPSA) is 83.6 Å². The molecule has 26 heavy (non-hydrogen) atoms. The van der Waals surface area contributed by atoms with Crippen LogP contribution in [-0.2, 0) is 0 Å². The molecule has 144 valence electrons. The van der Waals surface area contributed by atoms with Gasteiger partial charge in [-0.05, 0) is 59.7 Å². The van der Waals surface area contributed by atoms with Crippen LogP contribution in [0.15, 0.2) is 18.2 Å². The molecule has 2 aromatic rings. The van der Waals surface area contributed by atoms with Crippen LogP contribution in [0.5, 0.6) is 11.5 Å². The Morgan fingerprint density at radius 3 is 2.42 bits per heavy atom. The summed E-state index contributed by atoms with van der Waals surface area (Å²) >= 11 is 0. The van der Waals surface area contributed by atoms with Crippen molar-refractivity contribution in [2.24, 2.45) is 0 Å². The molecule has 0 radical (unpaired) electrons. The molecule has 0 atom stereocenters. The number of aromatic amines is 1. The van der Waals surface area contributed by atoms with Crippen molar-refractivity contribution in [3.63, 3.8) is 0 Å². The van der Waals surface area contributed by atoms with E-state index in [0.29, 0.717) is 11.5 Å². The normalized spacial score (nSPS) is 14.8. The molecule has 0 spiro atoms. The first kappa shape index (κ1) is 20.1. The maximum Gasteiger partial charge on any atom is 0.352 e. The molecule has 1 fully saturated rings. The second-order valence-corrected chi connectivity index (χ2v) is 6.92. The average molecular weight is 362 g/mol. The fourth-order valence-electron chi connectivity index (χ4n) is 3.09. The molecule has 3 N–H and O–H groups in total. The van der Waals surface area contributed by atoms with E-state index in [4.69, 9.17) is 9.47 Å². The Balaban J connectivity index is 0.000000758. The Morgan fingerprint density at radius 1 is 1.19 bits per heavy atom. The number of nitrogens with one attached hydrogen (secondary N) is 2. The summed E-state index contributed by atoms with van der Waals surface area (Å²) in [6, 6.07) is 5.33. The molecule has 1 aliphatic carbocycles. The number of hydrogen-bond donors (Lipinski definition) is 3. The lowest BCUT2D eigenvalue weighted by atomic mass is 9.98. The Morgan fingerprint density at radius 2 is 1.85 bits per heavy atom. The number of fused-ring (bicyclic) bond motifs is 1. The van der Waals surface area contributed by atoms with E-state index in [2.05, 4.69) is 10.3 Å². The van der Waals surface area contributed by atoms with Crippen LogP contribution in [0, 0.1) is 0 Å². The van der Waals surface area contributed by atoms with Gasteiger partial charge in [0.15, 0.2) is 0 Å². The van der Waals surface area contributed by atoms with Crippen molar-refractivity contribution < 1.29 is 19.4 Å². The summed E-state index contributed by atoms with van der Waals surface area (Å²) in [5.74, 6) is 0.419. The van der Waals surface area contributed by atoms with E-state index in [1.807, 2.05) is 40.1 Å². The standard InChI is InChI=1S/C18H23NO4.C2H7N/c1-11(2)22-13-8-15-14(10-16(19-15)18(20)21)17(9-13)23-12-6-4-3-5-7-12;1-3-2/h8-12,19H,3-7H2,1-2H3,(H,20,21);3H,1-2H3. The third-order valence-electron chi connectivity index (χ3n) is 4.12. The first-order valence-corrected chi connectivity index (χ1v) is 9.26. The zero-order valence-corrected chi connectivity index (χ0v) is 16.1. The molecule has 1 aromatic carbocycles. The van der Waals surface area contributed by atoms with Crippen LogP contribution in [0.25, 0.3) is 10.9 Å². The fraction of sp³-hybridized carbons (Fsp3) is 0.550. The summed E-state index contributed by atoms with van der Waals surface area (Å²) in [6.07, 6.45) is 5.97. The predicted octanol–water partition coefficient (Wildman–Crippen LogP) is 4.20. The minimum absolute atomic E-state index is 0.0453. The highest BCUT2D eigenvalue weighted by Crippen LogP contribution is 2.34. The number of H-pyrrole nitrogens is 1. The third kappa shape index (κ3) is 5.39. The van der Waals surface area contributed by atoms with Crippen molar-refractivity contribution in [1.82, 2.24) is 10.3 Å². The average Bonchev–Trinajstić information content (AvgIpc) is 3.01. The van der Waals surface area contributed by atoms with Crippen molar-refractivity contribution in [1.29, 1.82) is 0 Å². The van der Waals surface area contributed by atoms with Gasteiger partial charge in [-0.25, -0.2) is 4.79 Å². The largest absolute Gasteiger partial charge is 0.491 e. The number of hydrogen-bond acceptors (Lipinski definition) is 4. The minimum atomic E-state index is -0.976. The number of carbonyl (C=O) groups is 1. The van der Waals surface area contributed by atoms with Gasteiger partial charge in [0.2, 0.25) is 0 Å². The van der Waals surface area contributed by atoms with Crippen LogP contribution in [0.4, 0.5) is 0 Å². The maximum atomic E-state index is 11.2. The van der Waals surface area contributed by atoms with Crippen LogP contribution in [0.3, 0.4) is 0 Å². The summed E-state index contributed by atoms with van der Waals surface area (Å²) in [5, 5.41) is 12.8. The van der Waals surface area contributed by atoms with Crippen molar-refractivity contribution in [3.05, 3.63) is 23.9 Å². The monoisotopic (exact) mass is 362 g/mol. The molecular weight excluding hydrogens is 332 g/mol. The molecule has 1 aliphatic rings. The van der Waals surface area contributed by atoms with E-state index in [-0.39, 0.29) is 17.9 Å². The summed E-state index contributed by atoms with van der Waals surface area (Å²) < 4.78 is 12.0. The van der Waals surface area contributed by atoms with Crippen molar-refractivity contribution in [3.8, 4) is 11.5 Å². The van der Waals surface area contributed by atoms with Crippen LogP contribution in [-0.4, -0.2) is 42.4 Å². The number of benzene rings is 1. The smallest absolute Gasteiger partial charge is 0.352 e. The zero-order valence-electron chi connectivity index (χ0n) is 16.1. The first-order valence-electron chi connectivity index (χ1n) is 9.26. The van der Waals surface area contributed by atoms with Crippen molar-refractivity contribution in [2.45, 2.75) is 58.2 Å². The molecule has 0 unspecified atom stereocenters. The first-order chi connectivity index (χ1) is 12.4. The van der Waals surface area contributed by atoms with Crippen LogP contribution >= 0.6 is 0 Å². The lowest BCUT2D eigenvalue weighted by molar-refractivity contribution is 0.0691. The van der Waals surface area contributed by atoms with Gasteiger partial charge in [-0.15, -0.1) is 0 Å². The minimum Gasteiger partial charge on any atom is -0.491 e.